The molecule has 0 aromatic heterocycles. The molecule has 3 aliphatic rings. The van der Waals surface area contributed by atoms with Crippen LogP contribution in [-0.2, 0) is 20.3 Å². The third-order valence-corrected chi connectivity index (χ3v) is 30.6. The minimum atomic E-state index is -2.87. The summed E-state index contributed by atoms with van der Waals surface area (Å²) in [5.41, 5.74) is 6.46. The van der Waals surface area contributed by atoms with E-state index >= 15 is 0 Å². The van der Waals surface area contributed by atoms with Gasteiger partial charge in [-0.1, -0.05) is 0 Å². The number of unbranched alkanes of at least 4 members (excludes halogenated alkanes) is 2. The van der Waals surface area contributed by atoms with Crippen molar-refractivity contribution in [3.8, 4) is 0 Å². The quantitative estimate of drug-likeness (QED) is 0.256. The van der Waals surface area contributed by atoms with Gasteiger partial charge in [0.1, 0.15) is 0 Å². The van der Waals surface area contributed by atoms with Crippen LogP contribution in [0.2, 0.25) is 14.8 Å². The molecule has 0 bridgehead atoms. The Morgan fingerprint density at radius 2 is 1.09 bits per heavy atom. The SMILES string of the molecule is CCC[CH2][Zr]1([CH2]CCC)[CH]2C(=Cc3ccccc32)[Si](C)(c2ccccc2)C2=Cc3ccccc3[CH]21. The van der Waals surface area contributed by atoms with Crippen molar-refractivity contribution in [1.82, 2.24) is 0 Å². The number of allylic oxidation sites excluding steroid dienone is 2. The first kappa shape index (κ1) is 23.6. The van der Waals surface area contributed by atoms with E-state index < -0.39 is 28.3 Å². The van der Waals surface area contributed by atoms with E-state index in [4.69, 9.17) is 0 Å². The molecule has 178 valence electrons. The molecule has 1 fully saturated rings. The third-order valence-electron chi connectivity index (χ3n) is 9.51. The van der Waals surface area contributed by atoms with Crippen molar-refractivity contribution in [3.63, 3.8) is 0 Å². The first-order chi connectivity index (χ1) is 17.1. The fraction of sp³-hybridized carbons (Fsp3) is 0.333. The number of benzene rings is 3. The van der Waals surface area contributed by atoms with Crippen LogP contribution in [0.1, 0.15) is 69.0 Å². The molecule has 0 nitrogen and oxygen atoms in total. The van der Waals surface area contributed by atoms with Crippen LogP contribution in [0.5, 0.6) is 0 Å². The number of hydrogen-bond acceptors (Lipinski definition) is 0. The fourth-order valence-electron chi connectivity index (χ4n) is 7.90. The second-order valence-corrected chi connectivity index (χ2v) is 26.6. The Kier molecular flexibility index (Phi) is 6.26. The molecule has 1 saturated heterocycles. The Bertz CT molecular complexity index is 1220. The van der Waals surface area contributed by atoms with Crippen molar-refractivity contribution >= 4 is 25.4 Å². The normalized spacial score (nSPS) is 25.2. The van der Waals surface area contributed by atoms with Gasteiger partial charge < -0.3 is 0 Å². The zero-order chi connectivity index (χ0) is 24.0. The van der Waals surface area contributed by atoms with Crippen molar-refractivity contribution in [2.75, 3.05) is 0 Å². The van der Waals surface area contributed by atoms with E-state index in [1.807, 2.05) is 10.4 Å². The van der Waals surface area contributed by atoms with Gasteiger partial charge in [0, 0.05) is 0 Å². The van der Waals surface area contributed by atoms with Gasteiger partial charge in [-0.3, -0.25) is 0 Å². The van der Waals surface area contributed by atoms with Gasteiger partial charge in [0.15, 0.2) is 0 Å². The van der Waals surface area contributed by atoms with Crippen molar-refractivity contribution in [2.45, 2.75) is 61.6 Å². The van der Waals surface area contributed by atoms with Crippen molar-refractivity contribution < 1.29 is 20.3 Å². The maximum atomic E-state index is 2.70. The molecule has 0 N–H and O–H groups in total. The molecule has 3 aromatic carbocycles. The molecule has 1 heterocycles. The summed E-state index contributed by atoms with van der Waals surface area (Å²) in [4.78, 5) is 0. The standard InChI is InChI=1S/C25H20Si.2C4H9.Zr/c1-26(23-13-3-2-4-14-23,24-15-19-9-5-6-10-20(19)16-24)25-17-21-11-7-8-12-22(21)18-25;2*1-3-4-2;/h2-18H,1H3;2*1,3-4H2,2H3;. The molecule has 35 heavy (non-hydrogen) atoms. The molecule has 0 spiro atoms. The summed E-state index contributed by atoms with van der Waals surface area (Å²) in [6.45, 7) is 7.51. The van der Waals surface area contributed by atoms with Gasteiger partial charge in [-0.2, -0.15) is 0 Å². The Labute approximate surface area is 217 Å². The second-order valence-electron chi connectivity index (χ2n) is 11.3. The average molecular weight is 554 g/mol. The minimum absolute atomic E-state index is 0.740. The predicted molar refractivity (Wildman–Crippen MR) is 151 cm³/mol. The third kappa shape index (κ3) is 3.47. The summed E-state index contributed by atoms with van der Waals surface area (Å²) < 4.78 is 4.53. The van der Waals surface area contributed by atoms with Crippen molar-refractivity contribution in [1.29, 1.82) is 0 Å². The zero-order valence-corrected chi connectivity index (χ0v) is 25.0. The van der Waals surface area contributed by atoms with Crippen molar-refractivity contribution in [2.24, 2.45) is 0 Å². The first-order valence-corrected chi connectivity index (χ1v) is 22.6. The van der Waals surface area contributed by atoms with Gasteiger partial charge in [-0.05, 0) is 0 Å². The Morgan fingerprint density at radius 3 is 1.57 bits per heavy atom. The Morgan fingerprint density at radius 1 is 0.629 bits per heavy atom. The van der Waals surface area contributed by atoms with Crippen LogP contribution in [-0.4, -0.2) is 8.07 Å². The van der Waals surface area contributed by atoms with E-state index in [1.165, 1.54) is 45.1 Å². The molecule has 2 heteroatoms. The van der Waals surface area contributed by atoms with Crippen LogP contribution in [0.25, 0.3) is 12.2 Å². The Hall–Kier alpha value is -1.76. The summed E-state index contributed by atoms with van der Waals surface area (Å²) in [6.07, 6.45) is 10.8. The van der Waals surface area contributed by atoms with E-state index in [9.17, 15) is 0 Å². The van der Waals surface area contributed by atoms with E-state index in [0.717, 1.165) is 7.25 Å². The number of hydrogen-bond donors (Lipinski definition) is 0. The molecule has 0 saturated carbocycles. The molecular weight excluding hydrogens is 516 g/mol. The summed E-state index contributed by atoms with van der Waals surface area (Å²) >= 11 is -2.87. The molecule has 2 aliphatic carbocycles. The van der Waals surface area contributed by atoms with Crippen LogP contribution in [0.3, 0.4) is 0 Å². The van der Waals surface area contributed by atoms with Crippen molar-refractivity contribution in [3.05, 3.63) is 112 Å². The van der Waals surface area contributed by atoms with Gasteiger partial charge >= 0.3 is 219 Å². The van der Waals surface area contributed by atoms with Crippen LogP contribution >= 0.6 is 0 Å². The zero-order valence-electron chi connectivity index (χ0n) is 21.6. The van der Waals surface area contributed by atoms with Gasteiger partial charge in [-0.15, -0.1) is 0 Å². The molecular formula is C33H38SiZr. The predicted octanol–water partition coefficient (Wildman–Crippen LogP) is 8.93. The monoisotopic (exact) mass is 552 g/mol. The van der Waals surface area contributed by atoms with Crippen LogP contribution < -0.4 is 5.19 Å². The fourth-order valence-corrected chi connectivity index (χ4v) is 36.8. The van der Waals surface area contributed by atoms with Gasteiger partial charge in [0.05, 0.1) is 0 Å². The second kappa shape index (κ2) is 9.28. The summed E-state index contributed by atoms with van der Waals surface area (Å²) in [6, 6.07) is 30.7. The molecule has 3 aromatic rings. The van der Waals surface area contributed by atoms with Crippen LogP contribution in [0.15, 0.2) is 89.3 Å². The topological polar surface area (TPSA) is 0 Å². The number of rotatable bonds is 7. The molecule has 0 radical (unpaired) electrons. The first-order valence-electron chi connectivity index (χ1n) is 13.8. The van der Waals surface area contributed by atoms with E-state index in [1.54, 1.807) is 16.3 Å². The summed E-state index contributed by atoms with van der Waals surface area (Å²) in [5, 5.41) is 5.34. The average Bonchev–Trinajstić information content (AvgIpc) is 3.50. The van der Waals surface area contributed by atoms with Gasteiger partial charge in [0.2, 0.25) is 0 Å². The number of fused-ring (bicyclic) bond motifs is 6. The van der Waals surface area contributed by atoms with E-state index in [-0.39, 0.29) is 0 Å². The van der Waals surface area contributed by atoms with Gasteiger partial charge in [-0.25, -0.2) is 0 Å². The summed E-state index contributed by atoms with van der Waals surface area (Å²) in [5.74, 6) is 0. The van der Waals surface area contributed by atoms with E-state index in [0.29, 0.717) is 0 Å². The molecule has 2 atom stereocenters. The van der Waals surface area contributed by atoms with Gasteiger partial charge in [0.25, 0.3) is 0 Å². The maximum absolute atomic E-state index is 2.87. The molecule has 0 amide bonds. The summed E-state index contributed by atoms with van der Waals surface area (Å²) in [7, 11) is -2.06. The van der Waals surface area contributed by atoms with E-state index in [2.05, 4.69) is 111 Å². The molecule has 1 aliphatic heterocycles. The molecule has 6 rings (SSSR count). The molecule has 2 unspecified atom stereocenters. The Balaban J connectivity index is 1.68. The van der Waals surface area contributed by atoms with Crippen LogP contribution in [0, 0.1) is 0 Å². The van der Waals surface area contributed by atoms with Crippen LogP contribution in [0.4, 0.5) is 0 Å².